The van der Waals surface area contributed by atoms with E-state index in [0.29, 0.717) is 6.67 Å². The highest BCUT2D eigenvalue weighted by molar-refractivity contribution is 6.16. The molecule has 0 saturated carbocycles. The molecule has 5 nitrogen and oxygen atoms in total. The third kappa shape index (κ3) is 5.75. The second kappa shape index (κ2) is 12.1. The van der Waals surface area contributed by atoms with E-state index >= 15 is 0 Å². The molecular formula is C52H58N4O. The van der Waals surface area contributed by atoms with Crippen molar-refractivity contribution in [3.63, 3.8) is 0 Å². The predicted molar refractivity (Wildman–Crippen MR) is 241 cm³/mol. The average molecular weight is 755 g/mol. The van der Waals surface area contributed by atoms with Gasteiger partial charge in [0.25, 0.3) is 0 Å². The first-order chi connectivity index (χ1) is 26.6. The normalized spacial score (nSPS) is 16.3. The molecule has 0 radical (unpaired) electrons. The number of hydrogen-bond acceptors (Lipinski definition) is 4. The van der Waals surface area contributed by atoms with Gasteiger partial charge in [0, 0.05) is 45.3 Å². The van der Waals surface area contributed by atoms with Gasteiger partial charge in [0.15, 0.2) is 0 Å². The number of anilines is 4. The average Bonchev–Trinajstić information content (AvgIpc) is 3.77. The first kappa shape index (κ1) is 37.3. The maximum atomic E-state index is 6.77. The van der Waals surface area contributed by atoms with Crippen LogP contribution in [0.4, 0.5) is 22.7 Å². The van der Waals surface area contributed by atoms with Gasteiger partial charge in [-0.1, -0.05) is 120 Å². The molecule has 2 aromatic heterocycles. The summed E-state index contributed by atoms with van der Waals surface area (Å²) in [4.78, 5) is 4.86. The number of rotatable bonds is 4. The zero-order chi connectivity index (χ0) is 40.6. The molecule has 1 aliphatic carbocycles. The third-order valence-corrected chi connectivity index (χ3v) is 13.5. The van der Waals surface area contributed by atoms with E-state index in [1.54, 1.807) is 0 Å². The minimum Gasteiger partial charge on any atom is -0.457 e. The number of aromatic nitrogens is 2. The molecule has 0 unspecified atom stereocenters. The predicted octanol–water partition coefficient (Wildman–Crippen LogP) is 14.1. The van der Waals surface area contributed by atoms with Crippen LogP contribution in [0.3, 0.4) is 0 Å². The molecule has 0 amide bonds. The van der Waals surface area contributed by atoms with E-state index in [2.05, 4.69) is 208 Å². The molecule has 5 aromatic carbocycles. The molecule has 0 saturated heterocycles. The Morgan fingerprint density at radius 3 is 1.75 bits per heavy atom. The van der Waals surface area contributed by atoms with E-state index in [4.69, 9.17) is 9.84 Å². The Morgan fingerprint density at radius 2 is 1.12 bits per heavy atom. The van der Waals surface area contributed by atoms with Crippen LogP contribution in [0.1, 0.15) is 118 Å². The summed E-state index contributed by atoms with van der Waals surface area (Å²) < 4.78 is 8.94. The monoisotopic (exact) mass is 754 g/mol. The van der Waals surface area contributed by atoms with Crippen molar-refractivity contribution in [1.82, 2.24) is 9.61 Å². The van der Waals surface area contributed by atoms with Gasteiger partial charge in [-0.15, -0.1) is 0 Å². The number of ether oxygens (including phenoxy) is 1. The fourth-order valence-electron chi connectivity index (χ4n) is 9.06. The van der Waals surface area contributed by atoms with Crippen LogP contribution >= 0.6 is 0 Å². The fourth-order valence-corrected chi connectivity index (χ4v) is 9.06. The van der Waals surface area contributed by atoms with Gasteiger partial charge in [0.05, 0.1) is 28.6 Å². The second-order valence-corrected chi connectivity index (χ2v) is 20.8. The van der Waals surface area contributed by atoms with Gasteiger partial charge in [-0.05, 0) is 104 Å². The summed E-state index contributed by atoms with van der Waals surface area (Å²) in [5.74, 6) is 1.59. The maximum absolute atomic E-state index is 6.77. The summed E-state index contributed by atoms with van der Waals surface area (Å²) in [6, 6.07) is 35.9. The molecule has 3 heterocycles. The van der Waals surface area contributed by atoms with Crippen LogP contribution in [0.15, 0.2) is 103 Å². The van der Waals surface area contributed by atoms with Crippen molar-refractivity contribution in [2.45, 2.75) is 117 Å². The van der Waals surface area contributed by atoms with Crippen molar-refractivity contribution in [3.05, 3.63) is 131 Å². The Bertz CT molecular complexity index is 2730. The number of pyridine rings is 1. The molecule has 57 heavy (non-hydrogen) atoms. The summed E-state index contributed by atoms with van der Waals surface area (Å²) in [6.07, 6.45) is 2.11. The largest absolute Gasteiger partial charge is 0.457 e. The van der Waals surface area contributed by atoms with Gasteiger partial charge in [0.2, 0.25) is 0 Å². The third-order valence-electron chi connectivity index (χ3n) is 13.5. The quantitative estimate of drug-likeness (QED) is 0.168. The smallest absolute Gasteiger partial charge is 0.129 e. The molecule has 0 atom stereocenters. The molecule has 0 fully saturated rings. The molecule has 2 aliphatic rings. The summed E-state index contributed by atoms with van der Waals surface area (Å²) in [7, 11) is 0. The first-order valence-corrected chi connectivity index (χ1v) is 20.7. The highest BCUT2D eigenvalue weighted by Crippen LogP contribution is 2.54. The van der Waals surface area contributed by atoms with Crippen molar-refractivity contribution < 1.29 is 4.74 Å². The summed E-state index contributed by atoms with van der Waals surface area (Å²) in [5.41, 5.74) is 13.6. The molecule has 292 valence electrons. The molecule has 7 aromatic rings. The minimum atomic E-state index is -0.110. The van der Waals surface area contributed by atoms with E-state index in [9.17, 15) is 0 Å². The highest BCUT2D eigenvalue weighted by atomic mass is 16.5. The number of nitrogens with zero attached hydrogens (tertiary/aromatic N) is 4. The van der Waals surface area contributed by atoms with Crippen molar-refractivity contribution in [3.8, 4) is 11.5 Å². The fraction of sp³-hybridized carbons (Fsp3) is 0.365. The van der Waals surface area contributed by atoms with E-state index < -0.39 is 0 Å². The maximum Gasteiger partial charge on any atom is 0.129 e. The Kier molecular flexibility index (Phi) is 7.93. The zero-order valence-electron chi connectivity index (χ0n) is 36.2. The zero-order valence-corrected chi connectivity index (χ0v) is 36.2. The van der Waals surface area contributed by atoms with Crippen molar-refractivity contribution in [1.29, 1.82) is 0 Å². The van der Waals surface area contributed by atoms with Gasteiger partial charge in [-0.25, -0.2) is 4.52 Å². The van der Waals surface area contributed by atoms with E-state index in [1.165, 1.54) is 66.6 Å². The molecule has 0 spiro atoms. The first-order valence-electron chi connectivity index (χ1n) is 20.7. The van der Waals surface area contributed by atoms with Crippen molar-refractivity contribution in [2.24, 2.45) is 0 Å². The molecular weight excluding hydrogens is 697 g/mol. The summed E-state index contributed by atoms with van der Waals surface area (Å²) >= 11 is 0. The van der Waals surface area contributed by atoms with E-state index in [0.717, 1.165) is 22.7 Å². The molecule has 9 rings (SSSR count). The molecule has 0 bridgehead atoms. The number of fused-ring (bicyclic) bond motifs is 4. The molecule has 5 heteroatoms. The van der Waals surface area contributed by atoms with Gasteiger partial charge < -0.3 is 14.5 Å². The number of benzene rings is 5. The van der Waals surface area contributed by atoms with Crippen LogP contribution in [-0.2, 0) is 27.1 Å². The van der Waals surface area contributed by atoms with Crippen LogP contribution in [0.25, 0.3) is 27.2 Å². The van der Waals surface area contributed by atoms with Crippen LogP contribution in [0, 0.1) is 0 Å². The molecule has 1 aliphatic heterocycles. The topological polar surface area (TPSA) is 33.0 Å². The van der Waals surface area contributed by atoms with Crippen LogP contribution in [0.2, 0.25) is 0 Å². The minimum absolute atomic E-state index is 0.0106. The number of hydrogen-bond donors (Lipinski definition) is 0. The number of para-hydroxylation sites is 2. The standard InChI is InChI=1S/C52H58N4O/c1-48(2,3)32-23-33(49(4,5)6)25-36(24-32)55-31-54(43-19-14-15-20-44(43)55)35-17-16-18-37(28-35)57-38-21-22-39-40-26-34(50(7,8)9)27-41-46(40)47-42(52(12,13)51(41,10)11)30-53-56(47)45(39)29-38/h14-30H,31H2,1-13H3. The van der Waals surface area contributed by atoms with Gasteiger partial charge in [-0.2, -0.15) is 5.10 Å². The van der Waals surface area contributed by atoms with Crippen LogP contribution in [0.5, 0.6) is 11.5 Å². The van der Waals surface area contributed by atoms with Crippen molar-refractivity contribution in [2.75, 3.05) is 16.5 Å². The highest BCUT2D eigenvalue weighted by Gasteiger charge is 2.47. The lowest BCUT2D eigenvalue weighted by atomic mass is 9.57. The van der Waals surface area contributed by atoms with Gasteiger partial charge in [-0.3, -0.25) is 0 Å². The lowest BCUT2D eigenvalue weighted by Gasteiger charge is -2.46. The van der Waals surface area contributed by atoms with E-state index in [1.807, 2.05) is 0 Å². The Morgan fingerprint density at radius 1 is 0.544 bits per heavy atom. The van der Waals surface area contributed by atoms with Crippen LogP contribution < -0.4 is 14.5 Å². The second-order valence-electron chi connectivity index (χ2n) is 20.8. The molecule has 0 N–H and O–H groups in total. The van der Waals surface area contributed by atoms with Gasteiger partial charge in [0.1, 0.15) is 18.2 Å². The Balaban J connectivity index is 1.11. The van der Waals surface area contributed by atoms with E-state index in [-0.39, 0.29) is 27.1 Å². The lowest BCUT2D eigenvalue weighted by Crippen LogP contribution is -2.42. The summed E-state index contributed by atoms with van der Waals surface area (Å²) in [6.45, 7) is 31.0. The lowest BCUT2D eigenvalue weighted by molar-refractivity contribution is 0.304. The SMILES string of the molecule is CC(C)(C)c1cc(N2CN(c3cccc(Oc4ccc5c6cc(C(C)(C)C)cc7c6c6c(cnn6c5c4)C(C)(C)C7(C)C)c3)c3ccccc32)cc(C(C)(C)C)c1. The van der Waals surface area contributed by atoms with Crippen molar-refractivity contribution >= 4 is 49.9 Å². The summed E-state index contributed by atoms with van der Waals surface area (Å²) in [5, 5.41) is 8.90. The van der Waals surface area contributed by atoms with Gasteiger partial charge >= 0.3 is 0 Å². The Hall–Kier alpha value is -5.29. The van der Waals surface area contributed by atoms with Crippen LogP contribution in [-0.4, -0.2) is 16.3 Å². The Labute approximate surface area is 339 Å².